The smallest absolute Gasteiger partial charge is 0.139 e. The molecule has 6 atom stereocenters. The summed E-state index contributed by atoms with van der Waals surface area (Å²) in [6, 6.07) is 0. The van der Waals surface area contributed by atoms with Crippen LogP contribution in [0, 0.1) is 23.7 Å². The SMILES string of the molecule is C[C@@H]1C[C@]23[C@@H]4CCCN2CCC[C@@H]3[C@@H](C[C@H]4O)C1=O. The van der Waals surface area contributed by atoms with Crippen LogP contribution in [0.25, 0.3) is 0 Å². The van der Waals surface area contributed by atoms with E-state index in [9.17, 15) is 9.90 Å². The molecule has 2 aliphatic heterocycles. The summed E-state index contributed by atoms with van der Waals surface area (Å²) >= 11 is 0. The zero-order valence-electron chi connectivity index (χ0n) is 11.8. The maximum atomic E-state index is 12.5. The third-order valence-electron chi connectivity index (χ3n) is 6.69. The van der Waals surface area contributed by atoms with Gasteiger partial charge in [-0.2, -0.15) is 0 Å². The Balaban J connectivity index is 1.83. The van der Waals surface area contributed by atoms with Crippen molar-refractivity contribution >= 4 is 5.78 Å². The molecule has 2 heterocycles. The maximum absolute atomic E-state index is 12.5. The van der Waals surface area contributed by atoms with Gasteiger partial charge in [0.15, 0.2) is 0 Å². The molecule has 0 unspecified atom stereocenters. The number of aliphatic hydroxyl groups is 1. The molecule has 2 aliphatic carbocycles. The molecular weight excluding hydrogens is 238 g/mol. The average Bonchev–Trinajstić information content (AvgIpc) is 2.40. The number of carbonyl (C=O) groups excluding carboxylic acids is 1. The number of hydrogen-bond acceptors (Lipinski definition) is 3. The summed E-state index contributed by atoms with van der Waals surface area (Å²) in [5, 5.41) is 10.6. The van der Waals surface area contributed by atoms with Gasteiger partial charge in [-0.15, -0.1) is 0 Å². The lowest BCUT2D eigenvalue weighted by Crippen LogP contribution is -2.73. The van der Waals surface area contributed by atoms with Gasteiger partial charge < -0.3 is 5.11 Å². The van der Waals surface area contributed by atoms with E-state index in [4.69, 9.17) is 0 Å². The lowest BCUT2D eigenvalue weighted by atomic mass is 9.48. The Kier molecular flexibility index (Phi) is 2.63. The Hall–Kier alpha value is -0.410. The third kappa shape index (κ3) is 1.43. The fourth-order valence-corrected chi connectivity index (χ4v) is 6.14. The molecule has 4 aliphatic rings. The molecule has 1 N–H and O–H groups in total. The van der Waals surface area contributed by atoms with Crippen molar-refractivity contribution in [1.82, 2.24) is 4.90 Å². The minimum Gasteiger partial charge on any atom is -0.393 e. The van der Waals surface area contributed by atoms with Crippen molar-refractivity contribution < 1.29 is 9.90 Å². The van der Waals surface area contributed by atoms with Crippen LogP contribution in [-0.4, -0.2) is 40.5 Å². The van der Waals surface area contributed by atoms with E-state index in [1.54, 1.807) is 0 Å². The molecule has 4 fully saturated rings. The first kappa shape index (κ1) is 12.3. The standard InChI is InChI=1S/C16H25NO2/c1-10-9-16-12-4-2-6-17(16)7-3-5-13(16)14(18)8-11(12)15(10)19/h10-14,18H,2-9H2,1H3/t10-,11-,12-,13-,14-,16+/m1/s1. The highest BCUT2D eigenvalue weighted by molar-refractivity contribution is 5.85. The van der Waals surface area contributed by atoms with E-state index < -0.39 is 0 Å². The van der Waals surface area contributed by atoms with Crippen LogP contribution in [-0.2, 0) is 4.79 Å². The van der Waals surface area contributed by atoms with Gasteiger partial charge in [0.1, 0.15) is 5.78 Å². The number of rotatable bonds is 0. The molecular formula is C16H25NO2. The molecule has 19 heavy (non-hydrogen) atoms. The fraction of sp³-hybridized carbons (Fsp3) is 0.938. The van der Waals surface area contributed by atoms with Crippen LogP contribution in [0.2, 0.25) is 0 Å². The maximum Gasteiger partial charge on any atom is 0.139 e. The number of aliphatic hydroxyl groups excluding tert-OH is 1. The van der Waals surface area contributed by atoms with E-state index in [2.05, 4.69) is 11.8 Å². The molecule has 1 spiro atoms. The first-order valence-corrected chi connectivity index (χ1v) is 8.11. The zero-order valence-corrected chi connectivity index (χ0v) is 11.8. The van der Waals surface area contributed by atoms with Gasteiger partial charge in [-0.1, -0.05) is 6.92 Å². The normalized spacial score (nSPS) is 53.8. The van der Waals surface area contributed by atoms with Crippen molar-refractivity contribution in [3.63, 3.8) is 0 Å². The molecule has 0 aromatic carbocycles. The molecule has 2 saturated heterocycles. The fourth-order valence-electron chi connectivity index (χ4n) is 6.14. The van der Waals surface area contributed by atoms with E-state index >= 15 is 0 Å². The Bertz CT molecular complexity index is 408. The van der Waals surface area contributed by atoms with Crippen LogP contribution in [0.4, 0.5) is 0 Å². The molecule has 4 rings (SSSR count). The molecule has 0 amide bonds. The molecule has 0 radical (unpaired) electrons. The molecule has 106 valence electrons. The summed E-state index contributed by atoms with van der Waals surface area (Å²) in [4.78, 5) is 15.2. The lowest BCUT2D eigenvalue weighted by molar-refractivity contribution is -0.196. The van der Waals surface area contributed by atoms with Crippen molar-refractivity contribution in [2.24, 2.45) is 23.7 Å². The van der Waals surface area contributed by atoms with Gasteiger partial charge in [0.25, 0.3) is 0 Å². The van der Waals surface area contributed by atoms with Crippen LogP contribution >= 0.6 is 0 Å². The Morgan fingerprint density at radius 1 is 1.21 bits per heavy atom. The summed E-state index contributed by atoms with van der Waals surface area (Å²) in [5.41, 5.74) is 0.173. The molecule has 0 aromatic rings. The van der Waals surface area contributed by atoms with Crippen LogP contribution in [0.15, 0.2) is 0 Å². The van der Waals surface area contributed by atoms with Crippen LogP contribution in [0.5, 0.6) is 0 Å². The van der Waals surface area contributed by atoms with Gasteiger partial charge in [0.2, 0.25) is 0 Å². The number of Topliss-reactive ketones (excluding diaryl/α,β-unsaturated/α-hetero) is 1. The molecule has 2 bridgehead atoms. The summed E-state index contributed by atoms with van der Waals surface area (Å²) in [5.74, 6) is 1.77. The Morgan fingerprint density at radius 3 is 2.63 bits per heavy atom. The number of carbonyl (C=O) groups is 1. The number of hydrogen-bond donors (Lipinski definition) is 1. The van der Waals surface area contributed by atoms with Gasteiger partial charge in [0.05, 0.1) is 6.10 Å². The van der Waals surface area contributed by atoms with Gasteiger partial charge >= 0.3 is 0 Å². The minimum atomic E-state index is -0.237. The predicted molar refractivity (Wildman–Crippen MR) is 72.7 cm³/mol. The van der Waals surface area contributed by atoms with Gasteiger partial charge in [-0.3, -0.25) is 9.69 Å². The van der Waals surface area contributed by atoms with Crippen LogP contribution in [0.3, 0.4) is 0 Å². The highest BCUT2D eigenvalue weighted by atomic mass is 16.3. The zero-order chi connectivity index (χ0) is 13.2. The minimum absolute atomic E-state index is 0.149. The Labute approximate surface area is 115 Å². The summed E-state index contributed by atoms with van der Waals surface area (Å²) in [6.45, 7) is 4.50. The van der Waals surface area contributed by atoms with Crippen molar-refractivity contribution in [3.05, 3.63) is 0 Å². The molecule has 3 nitrogen and oxygen atoms in total. The largest absolute Gasteiger partial charge is 0.393 e. The predicted octanol–water partition coefficient (Wildman–Crippen LogP) is 1.84. The van der Waals surface area contributed by atoms with Gasteiger partial charge in [-0.25, -0.2) is 0 Å². The summed E-state index contributed by atoms with van der Waals surface area (Å²) in [7, 11) is 0. The highest BCUT2D eigenvalue weighted by Gasteiger charge is 2.64. The molecule has 3 heteroatoms. The van der Waals surface area contributed by atoms with Crippen molar-refractivity contribution in [1.29, 1.82) is 0 Å². The van der Waals surface area contributed by atoms with E-state index in [1.165, 1.54) is 38.8 Å². The average molecular weight is 263 g/mol. The first-order valence-electron chi connectivity index (χ1n) is 8.11. The third-order valence-corrected chi connectivity index (χ3v) is 6.69. The molecule has 2 saturated carbocycles. The van der Waals surface area contributed by atoms with Crippen molar-refractivity contribution in [3.8, 4) is 0 Å². The second-order valence-electron chi connectivity index (χ2n) is 7.39. The second-order valence-corrected chi connectivity index (χ2v) is 7.39. The first-order chi connectivity index (χ1) is 9.14. The Morgan fingerprint density at radius 2 is 1.89 bits per heavy atom. The molecule has 0 aromatic heterocycles. The van der Waals surface area contributed by atoms with Crippen LogP contribution < -0.4 is 0 Å². The van der Waals surface area contributed by atoms with E-state index in [-0.39, 0.29) is 23.5 Å². The summed E-state index contributed by atoms with van der Waals surface area (Å²) < 4.78 is 0. The van der Waals surface area contributed by atoms with Crippen molar-refractivity contribution in [2.75, 3.05) is 13.1 Å². The van der Waals surface area contributed by atoms with Crippen molar-refractivity contribution in [2.45, 2.75) is 57.1 Å². The number of nitrogens with zero attached hydrogens (tertiary/aromatic N) is 1. The van der Waals surface area contributed by atoms with E-state index in [0.717, 1.165) is 12.8 Å². The highest BCUT2D eigenvalue weighted by Crippen LogP contribution is 2.59. The van der Waals surface area contributed by atoms with Gasteiger partial charge in [0, 0.05) is 23.3 Å². The monoisotopic (exact) mass is 263 g/mol. The quantitative estimate of drug-likeness (QED) is 0.725. The number of piperidine rings is 2. The lowest BCUT2D eigenvalue weighted by Gasteiger charge is -2.67. The van der Waals surface area contributed by atoms with Crippen LogP contribution in [0.1, 0.15) is 45.4 Å². The van der Waals surface area contributed by atoms with Gasteiger partial charge in [-0.05, 0) is 57.5 Å². The summed E-state index contributed by atoms with van der Waals surface area (Å²) in [6.07, 6.45) is 6.36. The van der Waals surface area contributed by atoms with E-state index in [0.29, 0.717) is 17.6 Å². The second kappa shape index (κ2) is 4.05. The van der Waals surface area contributed by atoms with E-state index in [1.807, 2.05) is 0 Å². The number of ketones is 1. The topological polar surface area (TPSA) is 40.5 Å².